The minimum Gasteiger partial charge on any atom is -0.273 e. The van der Waals surface area contributed by atoms with Gasteiger partial charge in [-0.25, -0.2) is 9.71 Å². The highest BCUT2D eigenvalue weighted by molar-refractivity contribution is 7.90. The summed E-state index contributed by atoms with van der Waals surface area (Å²) >= 11 is 1.26. The Kier molecular flexibility index (Phi) is 6.33. The maximum atomic E-state index is 12.4. The molecule has 1 N–H and O–H groups in total. The second-order valence-corrected chi connectivity index (χ2v) is 9.48. The molecule has 0 aliphatic rings. The minimum atomic E-state index is -5.77. The number of nitro benzene ring substituents is 1. The molecule has 0 spiro atoms. The van der Waals surface area contributed by atoms with Crippen LogP contribution in [0.4, 0.5) is 18.9 Å². The third kappa shape index (κ3) is 5.50. The van der Waals surface area contributed by atoms with Gasteiger partial charge < -0.3 is 0 Å². The number of rotatable bonds is 7. The van der Waals surface area contributed by atoms with Gasteiger partial charge in [-0.1, -0.05) is 13.8 Å². The quantitative estimate of drug-likeness (QED) is 0.507. The number of hydrogen-bond acceptors (Lipinski definition) is 7. The van der Waals surface area contributed by atoms with Gasteiger partial charge in [0.2, 0.25) is 5.91 Å². The number of alkyl halides is 3. The number of nitro groups is 1. The summed E-state index contributed by atoms with van der Waals surface area (Å²) in [7, 11) is -5.77. The molecule has 0 bridgehead atoms. The molecule has 0 saturated heterocycles. The fraction of sp³-hybridized carbons (Fsp3) is 0.375. The van der Waals surface area contributed by atoms with E-state index in [0.717, 1.165) is 9.60 Å². The fourth-order valence-electron chi connectivity index (χ4n) is 2.16. The monoisotopic (exact) mass is 451 g/mol. The van der Waals surface area contributed by atoms with Crippen LogP contribution in [0.1, 0.15) is 25.3 Å². The topological polar surface area (TPSA) is 119 Å². The van der Waals surface area contributed by atoms with Crippen LogP contribution >= 0.6 is 11.3 Å². The van der Waals surface area contributed by atoms with Crippen molar-refractivity contribution < 1.29 is 31.3 Å². The van der Waals surface area contributed by atoms with Crippen molar-refractivity contribution in [1.29, 1.82) is 0 Å². The van der Waals surface area contributed by atoms with Crippen molar-refractivity contribution >= 4 is 33.0 Å². The van der Waals surface area contributed by atoms with Crippen LogP contribution in [0.15, 0.2) is 30.5 Å². The lowest BCUT2D eigenvalue weighted by Crippen LogP contribution is -2.46. The SMILES string of the molecule is CC(C)(CCc1ncc(-c2ccc([N+](=O)[O-])cc2)s1)C(=O)NS(=O)(=O)C(F)(F)F. The Bertz CT molecular complexity index is 1020. The number of sulfonamides is 1. The predicted molar refractivity (Wildman–Crippen MR) is 99.4 cm³/mol. The zero-order chi connectivity index (χ0) is 22.0. The first-order valence-electron chi connectivity index (χ1n) is 8.06. The smallest absolute Gasteiger partial charge is 0.273 e. The Morgan fingerprint density at radius 3 is 2.34 bits per heavy atom. The third-order valence-electron chi connectivity index (χ3n) is 4.03. The number of thiazole rings is 1. The number of nitrogens with one attached hydrogen (secondary N) is 1. The van der Waals surface area contributed by atoms with Crippen LogP contribution in [-0.2, 0) is 21.2 Å². The highest BCUT2D eigenvalue weighted by atomic mass is 32.2. The summed E-state index contributed by atoms with van der Waals surface area (Å²) < 4.78 is 60.5. The average molecular weight is 451 g/mol. The van der Waals surface area contributed by atoms with Gasteiger partial charge in [0.15, 0.2) is 0 Å². The van der Waals surface area contributed by atoms with Crippen LogP contribution < -0.4 is 4.72 Å². The van der Waals surface area contributed by atoms with E-state index in [9.17, 15) is 36.5 Å². The van der Waals surface area contributed by atoms with Crippen LogP contribution in [0.25, 0.3) is 10.4 Å². The third-order valence-corrected chi connectivity index (χ3v) is 6.20. The molecule has 0 radical (unpaired) electrons. The van der Waals surface area contributed by atoms with E-state index in [-0.39, 0.29) is 18.5 Å². The number of nitrogens with zero attached hydrogens (tertiary/aromatic N) is 2. The zero-order valence-corrected chi connectivity index (χ0v) is 16.8. The Hall–Kier alpha value is -2.54. The summed E-state index contributed by atoms with van der Waals surface area (Å²) in [6.45, 7) is 2.66. The van der Waals surface area contributed by atoms with E-state index in [4.69, 9.17) is 0 Å². The summed E-state index contributed by atoms with van der Waals surface area (Å²) in [6, 6.07) is 5.83. The van der Waals surface area contributed by atoms with Crippen molar-refractivity contribution in [3.63, 3.8) is 0 Å². The van der Waals surface area contributed by atoms with Crippen LogP contribution in [0.2, 0.25) is 0 Å². The van der Waals surface area contributed by atoms with Crippen molar-refractivity contribution in [3.05, 3.63) is 45.6 Å². The maximum absolute atomic E-state index is 12.4. The van der Waals surface area contributed by atoms with Gasteiger partial charge >= 0.3 is 15.5 Å². The number of non-ortho nitro benzene ring substituents is 1. The van der Waals surface area contributed by atoms with Gasteiger partial charge in [0, 0.05) is 30.2 Å². The molecule has 13 heteroatoms. The molecule has 29 heavy (non-hydrogen) atoms. The van der Waals surface area contributed by atoms with Gasteiger partial charge in [0.05, 0.1) is 14.8 Å². The molecular weight excluding hydrogens is 435 g/mol. The predicted octanol–water partition coefficient (Wildman–Crippen LogP) is 3.64. The van der Waals surface area contributed by atoms with Crippen molar-refractivity contribution in [2.45, 2.75) is 32.2 Å². The van der Waals surface area contributed by atoms with E-state index in [0.29, 0.717) is 10.6 Å². The van der Waals surface area contributed by atoms with Crippen LogP contribution in [-0.4, -0.2) is 29.7 Å². The van der Waals surface area contributed by atoms with Gasteiger partial charge in [-0.2, -0.15) is 21.6 Å². The highest BCUT2D eigenvalue weighted by Crippen LogP contribution is 2.31. The van der Waals surface area contributed by atoms with E-state index >= 15 is 0 Å². The lowest BCUT2D eigenvalue weighted by Gasteiger charge is -2.23. The molecule has 158 valence electrons. The molecule has 8 nitrogen and oxygen atoms in total. The number of aromatic nitrogens is 1. The Morgan fingerprint density at radius 2 is 1.83 bits per heavy atom. The normalized spacial score (nSPS) is 12.6. The molecular formula is C16H16F3N3O5S2. The van der Waals surface area contributed by atoms with Crippen LogP contribution in [0, 0.1) is 15.5 Å². The van der Waals surface area contributed by atoms with E-state index in [2.05, 4.69) is 4.98 Å². The fourth-order valence-corrected chi connectivity index (χ4v) is 3.72. The number of halogens is 3. The van der Waals surface area contributed by atoms with Crippen molar-refractivity contribution in [2.75, 3.05) is 0 Å². The molecule has 0 atom stereocenters. The zero-order valence-electron chi connectivity index (χ0n) is 15.2. The Balaban J connectivity index is 2.04. The summed E-state index contributed by atoms with van der Waals surface area (Å²) in [5.74, 6) is -1.26. The Morgan fingerprint density at radius 1 is 1.24 bits per heavy atom. The first-order chi connectivity index (χ1) is 13.2. The largest absolute Gasteiger partial charge is 0.516 e. The lowest BCUT2D eigenvalue weighted by molar-refractivity contribution is -0.384. The van der Waals surface area contributed by atoms with E-state index in [1.54, 1.807) is 18.3 Å². The summed E-state index contributed by atoms with van der Waals surface area (Å²) in [4.78, 5) is 27.1. The lowest BCUT2D eigenvalue weighted by atomic mass is 9.87. The number of carbonyl (C=O) groups excluding carboxylic acids is 1. The molecule has 0 unspecified atom stereocenters. The van der Waals surface area contributed by atoms with Gasteiger partial charge in [0.25, 0.3) is 5.69 Å². The number of benzene rings is 1. The standard InChI is InChI=1S/C16H16F3N3O5S2/c1-15(2,14(23)21-29(26,27)16(17,18)19)8-7-13-20-9-12(28-13)10-3-5-11(6-4-10)22(24)25/h3-6,9H,7-8H2,1-2H3,(H,21,23). The molecule has 1 aromatic heterocycles. The first kappa shape index (κ1) is 22.7. The molecule has 0 fully saturated rings. The van der Waals surface area contributed by atoms with Crippen molar-refractivity contribution in [1.82, 2.24) is 9.71 Å². The molecule has 2 rings (SSSR count). The number of hydrogen-bond donors (Lipinski definition) is 1. The van der Waals surface area contributed by atoms with Gasteiger partial charge in [-0.05, 0) is 24.1 Å². The second kappa shape index (κ2) is 8.06. The average Bonchev–Trinajstić information content (AvgIpc) is 3.08. The molecule has 0 aliphatic carbocycles. The van der Waals surface area contributed by atoms with Crippen LogP contribution in [0.5, 0.6) is 0 Å². The summed E-state index contributed by atoms with van der Waals surface area (Å²) in [6.07, 6.45) is 1.83. The molecule has 0 saturated carbocycles. The first-order valence-corrected chi connectivity index (χ1v) is 10.4. The molecule has 1 amide bonds. The molecule has 1 aromatic carbocycles. The highest BCUT2D eigenvalue weighted by Gasteiger charge is 2.48. The van der Waals surface area contributed by atoms with E-state index in [1.165, 1.54) is 37.3 Å². The van der Waals surface area contributed by atoms with E-state index in [1.807, 2.05) is 0 Å². The van der Waals surface area contributed by atoms with Gasteiger partial charge in [-0.15, -0.1) is 11.3 Å². The molecule has 2 aromatic rings. The number of carbonyl (C=O) groups is 1. The van der Waals surface area contributed by atoms with Gasteiger partial charge in [0.1, 0.15) is 0 Å². The Labute approximate surface area is 168 Å². The van der Waals surface area contributed by atoms with E-state index < -0.39 is 31.8 Å². The maximum Gasteiger partial charge on any atom is 0.516 e. The summed E-state index contributed by atoms with van der Waals surface area (Å²) in [5, 5.41) is 11.3. The van der Waals surface area contributed by atoms with Gasteiger partial charge in [-0.3, -0.25) is 14.9 Å². The van der Waals surface area contributed by atoms with Crippen molar-refractivity contribution in [3.8, 4) is 10.4 Å². The summed E-state index contributed by atoms with van der Waals surface area (Å²) in [5.41, 5.74) is -6.32. The molecule has 0 aliphatic heterocycles. The minimum absolute atomic E-state index is 0.0550. The molecule has 1 heterocycles. The van der Waals surface area contributed by atoms with Crippen LogP contribution in [0.3, 0.4) is 0 Å². The second-order valence-electron chi connectivity index (χ2n) is 6.69. The number of amides is 1. The van der Waals surface area contributed by atoms with Crippen molar-refractivity contribution in [2.24, 2.45) is 5.41 Å². The number of aryl methyl sites for hydroxylation is 1.